The van der Waals surface area contributed by atoms with E-state index in [-0.39, 0.29) is 6.04 Å². The molecule has 0 saturated carbocycles. The third-order valence-electron chi connectivity index (χ3n) is 3.47. The first-order valence-corrected chi connectivity index (χ1v) is 8.57. The molecule has 2 aromatic heterocycles. The number of carboxylic acids is 1. The number of hydrogen-bond donors (Lipinski definition) is 2. The molecule has 0 aliphatic rings. The lowest BCUT2D eigenvalue weighted by molar-refractivity contribution is -0.142. The molecule has 0 radical (unpaired) electrons. The van der Waals surface area contributed by atoms with E-state index in [1.165, 1.54) is 16.2 Å². The maximum Gasteiger partial charge on any atom is 0.315 e. The van der Waals surface area contributed by atoms with Crippen LogP contribution >= 0.6 is 22.7 Å². The third-order valence-corrected chi connectivity index (χ3v) is 5.20. The molecule has 2 aromatic rings. The molecule has 6 heteroatoms. The molecule has 0 aliphatic heterocycles. The third kappa shape index (κ3) is 3.44. The number of nitrogens with one attached hydrogen (secondary N) is 1. The van der Waals surface area contributed by atoms with Crippen LogP contribution in [0.2, 0.25) is 0 Å². The zero-order valence-corrected chi connectivity index (χ0v) is 14.2. The van der Waals surface area contributed by atoms with Crippen LogP contribution in [-0.4, -0.2) is 16.1 Å². The van der Waals surface area contributed by atoms with Gasteiger partial charge in [-0.05, 0) is 31.2 Å². The van der Waals surface area contributed by atoms with Crippen molar-refractivity contribution in [2.24, 2.45) is 5.92 Å². The second-order valence-corrected chi connectivity index (χ2v) is 7.69. The molecule has 1 unspecified atom stereocenters. The topological polar surface area (TPSA) is 62.2 Å². The summed E-state index contributed by atoms with van der Waals surface area (Å²) in [6.07, 6.45) is 0. The minimum Gasteiger partial charge on any atom is -0.481 e. The number of carbonyl (C=O) groups is 1. The minimum absolute atomic E-state index is 0.192. The molecule has 21 heavy (non-hydrogen) atoms. The van der Waals surface area contributed by atoms with Crippen LogP contribution in [0.25, 0.3) is 0 Å². The SMILES string of the molecule is CC(C)C(Nc1nc(C(C)(C)C(=O)O)cs1)c1cccs1. The summed E-state index contributed by atoms with van der Waals surface area (Å²) >= 11 is 3.17. The Labute approximate surface area is 132 Å². The van der Waals surface area contributed by atoms with E-state index in [4.69, 9.17) is 0 Å². The van der Waals surface area contributed by atoms with E-state index in [1.54, 1.807) is 25.2 Å². The molecule has 2 heterocycles. The summed E-state index contributed by atoms with van der Waals surface area (Å²) in [5.41, 5.74) is -0.372. The smallest absolute Gasteiger partial charge is 0.315 e. The predicted octanol–water partition coefficient (Wildman–Crippen LogP) is 4.38. The second kappa shape index (κ2) is 6.15. The lowest BCUT2D eigenvalue weighted by Gasteiger charge is -2.21. The Kier molecular flexibility index (Phi) is 4.68. The van der Waals surface area contributed by atoms with Crippen molar-refractivity contribution in [3.8, 4) is 0 Å². The summed E-state index contributed by atoms with van der Waals surface area (Å²) in [5, 5.41) is 17.4. The number of thiazole rings is 1. The maximum atomic E-state index is 11.3. The quantitative estimate of drug-likeness (QED) is 0.828. The monoisotopic (exact) mass is 324 g/mol. The average molecular weight is 324 g/mol. The van der Waals surface area contributed by atoms with Gasteiger partial charge in [0, 0.05) is 10.3 Å². The molecular formula is C15H20N2O2S2. The van der Waals surface area contributed by atoms with Gasteiger partial charge in [0.1, 0.15) is 5.41 Å². The fourth-order valence-corrected chi connectivity index (χ4v) is 3.77. The summed E-state index contributed by atoms with van der Waals surface area (Å²) < 4.78 is 0. The Morgan fingerprint density at radius 2 is 2.10 bits per heavy atom. The maximum absolute atomic E-state index is 11.3. The van der Waals surface area contributed by atoms with Crippen molar-refractivity contribution in [2.45, 2.75) is 39.2 Å². The number of aliphatic carboxylic acids is 1. The van der Waals surface area contributed by atoms with Gasteiger partial charge in [-0.2, -0.15) is 0 Å². The molecule has 0 aliphatic carbocycles. The highest BCUT2D eigenvalue weighted by atomic mass is 32.1. The fourth-order valence-electron chi connectivity index (χ4n) is 1.90. The molecule has 0 spiro atoms. The normalized spacial score (nSPS) is 13.4. The van der Waals surface area contributed by atoms with Crippen molar-refractivity contribution in [2.75, 3.05) is 5.32 Å². The Balaban J connectivity index is 2.20. The van der Waals surface area contributed by atoms with Crippen molar-refractivity contribution in [1.29, 1.82) is 0 Å². The number of aromatic nitrogens is 1. The van der Waals surface area contributed by atoms with Crippen LogP contribution in [0.3, 0.4) is 0 Å². The van der Waals surface area contributed by atoms with Crippen LogP contribution in [0, 0.1) is 5.92 Å². The van der Waals surface area contributed by atoms with Gasteiger partial charge in [0.2, 0.25) is 0 Å². The zero-order valence-electron chi connectivity index (χ0n) is 12.6. The van der Waals surface area contributed by atoms with Crippen LogP contribution < -0.4 is 5.32 Å². The Morgan fingerprint density at radius 3 is 2.62 bits per heavy atom. The molecule has 0 aromatic carbocycles. The van der Waals surface area contributed by atoms with Gasteiger partial charge in [0.25, 0.3) is 0 Å². The van der Waals surface area contributed by atoms with E-state index in [0.29, 0.717) is 11.6 Å². The van der Waals surface area contributed by atoms with Crippen molar-refractivity contribution in [3.05, 3.63) is 33.5 Å². The molecule has 2 rings (SSSR count). The Bertz CT molecular complexity index is 603. The summed E-state index contributed by atoms with van der Waals surface area (Å²) in [6, 6.07) is 4.34. The van der Waals surface area contributed by atoms with E-state index >= 15 is 0 Å². The number of hydrogen-bond acceptors (Lipinski definition) is 5. The highest BCUT2D eigenvalue weighted by molar-refractivity contribution is 7.13. The van der Waals surface area contributed by atoms with Crippen LogP contribution in [0.1, 0.15) is 44.3 Å². The zero-order chi connectivity index (χ0) is 15.6. The van der Waals surface area contributed by atoms with Gasteiger partial charge in [0.05, 0.1) is 11.7 Å². The molecule has 0 fully saturated rings. The highest BCUT2D eigenvalue weighted by Crippen LogP contribution is 2.33. The number of nitrogens with zero attached hydrogens (tertiary/aromatic N) is 1. The van der Waals surface area contributed by atoms with Crippen molar-refractivity contribution in [3.63, 3.8) is 0 Å². The second-order valence-electron chi connectivity index (χ2n) is 5.85. The molecule has 0 saturated heterocycles. The lowest BCUT2D eigenvalue weighted by atomic mass is 9.90. The van der Waals surface area contributed by atoms with Gasteiger partial charge in [0.15, 0.2) is 5.13 Å². The van der Waals surface area contributed by atoms with E-state index < -0.39 is 11.4 Å². The molecule has 4 nitrogen and oxygen atoms in total. The van der Waals surface area contributed by atoms with Crippen molar-refractivity contribution < 1.29 is 9.90 Å². The molecule has 2 N–H and O–H groups in total. The van der Waals surface area contributed by atoms with Crippen LogP contribution in [0.5, 0.6) is 0 Å². The van der Waals surface area contributed by atoms with Crippen LogP contribution in [0.4, 0.5) is 5.13 Å². The van der Waals surface area contributed by atoms with E-state index in [0.717, 1.165) is 5.13 Å². The van der Waals surface area contributed by atoms with E-state index in [1.807, 2.05) is 11.4 Å². The predicted molar refractivity (Wildman–Crippen MR) is 88.3 cm³/mol. The van der Waals surface area contributed by atoms with Crippen LogP contribution in [0.15, 0.2) is 22.9 Å². The number of thiophene rings is 1. The number of carboxylic acid groups (broad SMARTS) is 1. The summed E-state index contributed by atoms with van der Waals surface area (Å²) in [4.78, 5) is 17.0. The van der Waals surface area contributed by atoms with Crippen LogP contribution in [-0.2, 0) is 10.2 Å². The average Bonchev–Trinajstić information content (AvgIpc) is 3.07. The van der Waals surface area contributed by atoms with Gasteiger partial charge in [-0.25, -0.2) is 4.98 Å². The largest absolute Gasteiger partial charge is 0.481 e. The summed E-state index contributed by atoms with van der Waals surface area (Å²) in [7, 11) is 0. The summed E-state index contributed by atoms with van der Waals surface area (Å²) in [5.74, 6) is -0.443. The fraction of sp³-hybridized carbons (Fsp3) is 0.467. The van der Waals surface area contributed by atoms with Gasteiger partial charge >= 0.3 is 5.97 Å². The lowest BCUT2D eigenvalue weighted by Crippen LogP contribution is -2.28. The highest BCUT2D eigenvalue weighted by Gasteiger charge is 2.32. The Hall–Kier alpha value is -1.40. The minimum atomic E-state index is -0.966. The first kappa shape index (κ1) is 16.0. The van der Waals surface area contributed by atoms with Crippen molar-refractivity contribution >= 4 is 33.8 Å². The molecule has 0 amide bonds. The van der Waals surface area contributed by atoms with E-state index in [2.05, 4.69) is 35.6 Å². The standard InChI is InChI=1S/C15H20N2O2S2/c1-9(2)12(10-6-5-7-20-10)17-14-16-11(8-21-14)15(3,4)13(18)19/h5-9,12H,1-4H3,(H,16,17)(H,18,19). The van der Waals surface area contributed by atoms with Gasteiger partial charge in [-0.3, -0.25) is 4.79 Å². The number of anilines is 1. The molecule has 114 valence electrons. The summed E-state index contributed by atoms with van der Waals surface area (Å²) in [6.45, 7) is 7.67. The first-order valence-electron chi connectivity index (χ1n) is 6.81. The van der Waals surface area contributed by atoms with Gasteiger partial charge in [-0.15, -0.1) is 22.7 Å². The first-order chi connectivity index (χ1) is 9.82. The molecule has 1 atom stereocenters. The van der Waals surface area contributed by atoms with Crippen molar-refractivity contribution in [1.82, 2.24) is 4.98 Å². The molecular weight excluding hydrogens is 304 g/mol. The van der Waals surface area contributed by atoms with Gasteiger partial charge in [-0.1, -0.05) is 19.9 Å². The number of rotatable bonds is 6. The van der Waals surface area contributed by atoms with E-state index in [9.17, 15) is 9.90 Å². The van der Waals surface area contributed by atoms with Gasteiger partial charge < -0.3 is 10.4 Å². The molecule has 0 bridgehead atoms. The Morgan fingerprint density at radius 1 is 1.38 bits per heavy atom.